The van der Waals surface area contributed by atoms with Gasteiger partial charge in [-0.1, -0.05) is 41.4 Å². The number of hydrogen-bond acceptors (Lipinski definition) is 5. The Labute approximate surface area is 164 Å². The second kappa shape index (κ2) is 8.40. The maximum atomic E-state index is 12.1. The highest BCUT2D eigenvalue weighted by molar-refractivity contribution is 8.18. The first-order valence-corrected chi connectivity index (χ1v) is 9.04. The predicted octanol–water partition coefficient (Wildman–Crippen LogP) is 4.60. The number of nitrogens with zero attached hydrogens (tertiary/aromatic N) is 2. The lowest BCUT2D eigenvalue weighted by Crippen LogP contribution is -2.19. The number of amidine groups is 1. The summed E-state index contributed by atoms with van der Waals surface area (Å²) in [7, 11) is 1.59. The van der Waals surface area contributed by atoms with Gasteiger partial charge in [0.15, 0.2) is 5.17 Å². The number of hydrogen-bond donors (Lipinski definition) is 1. The summed E-state index contributed by atoms with van der Waals surface area (Å²) in [6.07, 6.45) is 3.20. The standard InChI is InChI=1S/C18H13Cl2N3O2S/c1-25-15-8-3-2-5-11(15)10-21-23-18-22-17(24)16(26-18)9-12-13(19)6-4-7-14(12)20/h2-10H,1H3,(H,22,23,24)/b16-9+,21-10+. The van der Waals surface area contributed by atoms with Crippen molar-refractivity contribution < 1.29 is 9.53 Å². The highest BCUT2D eigenvalue weighted by Gasteiger charge is 2.24. The van der Waals surface area contributed by atoms with Crippen molar-refractivity contribution in [3.63, 3.8) is 0 Å². The van der Waals surface area contributed by atoms with E-state index in [4.69, 9.17) is 27.9 Å². The van der Waals surface area contributed by atoms with Crippen LogP contribution in [-0.4, -0.2) is 24.4 Å². The van der Waals surface area contributed by atoms with Gasteiger partial charge in [0.05, 0.1) is 18.2 Å². The van der Waals surface area contributed by atoms with Crippen LogP contribution in [0.3, 0.4) is 0 Å². The molecular weight excluding hydrogens is 393 g/mol. The molecule has 26 heavy (non-hydrogen) atoms. The van der Waals surface area contributed by atoms with E-state index in [0.717, 1.165) is 17.3 Å². The number of thioether (sulfide) groups is 1. The van der Waals surface area contributed by atoms with Crippen molar-refractivity contribution in [3.8, 4) is 5.75 Å². The Hall–Kier alpha value is -2.28. The lowest BCUT2D eigenvalue weighted by atomic mass is 10.2. The van der Waals surface area contributed by atoms with Gasteiger partial charge in [-0.05, 0) is 42.1 Å². The van der Waals surface area contributed by atoms with Crippen LogP contribution in [-0.2, 0) is 4.79 Å². The Morgan fingerprint density at radius 2 is 1.85 bits per heavy atom. The van der Waals surface area contributed by atoms with Crippen molar-refractivity contribution in [1.82, 2.24) is 5.32 Å². The molecule has 1 saturated heterocycles. The molecule has 1 aliphatic rings. The van der Waals surface area contributed by atoms with E-state index in [-0.39, 0.29) is 5.91 Å². The summed E-state index contributed by atoms with van der Waals surface area (Å²) < 4.78 is 5.24. The van der Waals surface area contributed by atoms with Gasteiger partial charge in [-0.15, -0.1) is 5.10 Å². The van der Waals surface area contributed by atoms with Crippen LogP contribution in [0.4, 0.5) is 0 Å². The summed E-state index contributed by atoms with van der Waals surface area (Å²) in [5, 5.41) is 12.0. The quantitative estimate of drug-likeness (QED) is 0.459. The molecule has 1 fully saturated rings. The number of amides is 1. The van der Waals surface area contributed by atoms with Crippen LogP contribution in [0.1, 0.15) is 11.1 Å². The van der Waals surface area contributed by atoms with Gasteiger partial charge in [0.2, 0.25) is 0 Å². The number of methoxy groups -OCH3 is 1. The summed E-state index contributed by atoms with van der Waals surface area (Å²) in [6.45, 7) is 0. The molecule has 1 N–H and O–H groups in total. The van der Waals surface area contributed by atoms with Gasteiger partial charge in [-0.25, -0.2) is 0 Å². The molecular formula is C18H13Cl2N3O2S. The lowest BCUT2D eigenvalue weighted by Gasteiger charge is -2.01. The van der Waals surface area contributed by atoms with E-state index in [1.54, 1.807) is 37.6 Å². The van der Waals surface area contributed by atoms with Gasteiger partial charge < -0.3 is 4.74 Å². The molecule has 2 aromatic carbocycles. The molecule has 0 aromatic heterocycles. The summed E-state index contributed by atoms with van der Waals surface area (Å²) in [5.74, 6) is 0.408. The fourth-order valence-electron chi connectivity index (χ4n) is 2.17. The van der Waals surface area contributed by atoms with E-state index in [1.807, 2.05) is 24.3 Å². The molecule has 0 spiro atoms. The molecule has 1 heterocycles. The molecule has 0 aliphatic carbocycles. The number of halogens is 2. The van der Waals surface area contributed by atoms with E-state index in [0.29, 0.717) is 31.4 Å². The highest BCUT2D eigenvalue weighted by Crippen LogP contribution is 2.32. The Kier molecular flexibility index (Phi) is 5.98. The maximum absolute atomic E-state index is 12.1. The zero-order chi connectivity index (χ0) is 18.5. The zero-order valence-corrected chi connectivity index (χ0v) is 15.9. The van der Waals surface area contributed by atoms with Crippen LogP contribution >= 0.6 is 35.0 Å². The number of benzene rings is 2. The first-order valence-electron chi connectivity index (χ1n) is 7.47. The number of ether oxygens (including phenoxy) is 1. The molecule has 0 saturated carbocycles. The first kappa shape index (κ1) is 18.5. The third-order valence-corrected chi connectivity index (χ3v) is 4.97. The monoisotopic (exact) mass is 405 g/mol. The predicted molar refractivity (Wildman–Crippen MR) is 108 cm³/mol. The fraction of sp³-hybridized carbons (Fsp3) is 0.0556. The van der Waals surface area contributed by atoms with Crippen molar-refractivity contribution in [1.29, 1.82) is 0 Å². The number of para-hydroxylation sites is 1. The van der Waals surface area contributed by atoms with E-state index < -0.39 is 0 Å². The number of carbonyl (C=O) groups excluding carboxylic acids is 1. The number of nitrogens with one attached hydrogen (secondary N) is 1. The molecule has 8 heteroatoms. The summed E-state index contributed by atoms with van der Waals surface area (Å²) in [6, 6.07) is 12.6. The maximum Gasteiger partial charge on any atom is 0.264 e. The van der Waals surface area contributed by atoms with Gasteiger partial charge in [-0.2, -0.15) is 5.10 Å². The van der Waals surface area contributed by atoms with Gasteiger partial charge in [0.1, 0.15) is 5.75 Å². The Bertz CT molecular complexity index is 922. The van der Waals surface area contributed by atoms with E-state index in [2.05, 4.69) is 15.5 Å². The normalized spacial score (nSPS) is 17.3. The molecule has 0 bridgehead atoms. The van der Waals surface area contributed by atoms with Crippen LogP contribution in [0.5, 0.6) is 5.75 Å². The first-order chi connectivity index (χ1) is 12.6. The van der Waals surface area contributed by atoms with Gasteiger partial charge in [-0.3, -0.25) is 10.1 Å². The SMILES string of the molecule is COc1ccccc1/C=N/N=C1/NC(=O)/C(=C\c2c(Cl)cccc2Cl)S1. The minimum absolute atomic E-state index is 0.280. The third-order valence-electron chi connectivity index (χ3n) is 3.41. The van der Waals surface area contributed by atoms with Gasteiger partial charge in [0, 0.05) is 21.2 Å². The zero-order valence-electron chi connectivity index (χ0n) is 13.6. The van der Waals surface area contributed by atoms with Crippen LogP contribution in [0.25, 0.3) is 6.08 Å². The lowest BCUT2D eigenvalue weighted by molar-refractivity contribution is -0.115. The summed E-state index contributed by atoms with van der Waals surface area (Å²) >= 11 is 13.4. The summed E-state index contributed by atoms with van der Waals surface area (Å²) in [4.78, 5) is 12.5. The molecule has 1 aliphatic heterocycles. The fourth-order valence-corrected chi connectivity index (χ4v) is 3.44. The second-order valence-corrected chi connectivity index (χ2v) is 6.94. The second-order valence-electron chi connectivity index (χ2n) is 5.09. The number of rotatable bonds is 4. The molecule has 5 nitrogen and oxygen atoms in total. The van der Waals surface area contributed by atoms with E-state index >= 15 is 0 Å². The minimum Gasteiger partial charge on any atom is -0.496 e. The van der Waals surface area contributed by atoms with E-state index in [1.165, 1.54) is 0 Å². The molecule has 132 valence electrons. The van der Waals surface area contributed by atoms with Crippen LogP contribution < -0.4 is 10.1 Å². The topological polar surface area (TPSA) is 63.1 Å². The molecule has 0 atom stereocenters. The van der Waals surface area contributed by atoms with Crippen molar-refractivity contribution in [2.45, 2.75) is 0 Å². The van der Waals surface area contributed by atoms with E-state index in [9.17, 15) is 4.79 Å². The van der Waals surface area contributed by atoms with Crippen molar-refractivity contribution in [3.05, 3.63) is 68.5 Å². The number of carbonyl (C=O) groups is 1. The largest absolute Gasteiger partial charge is 0.496 e. The highest BCUT2D eigenvalue weighted by atomic mass is 35.5. The molecule has 2 aromatic rings. The average Bonchev–Trinajstić information content (AvgIpc) is 2.98. The van der Waals surface area contributed by atoms with Crippen molar-refractivity contribution in [2.24, 2.45) is 10.2 Å². The Balaban J connectivity index is 1.78. The van der Waals surface area contributed by atoms with Crippen LogP contribution in [0.15, 0.2) is 57.6 Å². The average molecular weight is 406 g/mol. The molecule has 0 radical (unpaired) electrons. The smallest absolute Gasteiger partial charge is 0.264 e. The van der Waals surface area contributed by atoms with Crippen LogP contribution in [0.2, 0.25) is 10.0 Å². The molecule has 3 rings (SSSR count). The summed E-state index contributed by atoms with van der Waals surface area (Å²) in [5.41, 5.74) is 1.37. The van der Waals surface area contributed by atoms with Gasteiger partial charge in [0.25, 0.3) is 5.91 Å². The molecule has 0 unspecified atom stereocenters. The third kappa shape index (κ3) is 4.27. The van der Waals surface area contributed by atoms with Crippen LogP contribution in [0, 0.1) is 0 Å². The molecule has 1 amide bonds. The Morgan fingerprint density at radius 1 is 1.12 bits per heavy atom. The van der Waals surface area contributed by atoms with Gasteiger partial charge >= 0.3 is 0 Å². The Morgan fingerprint density at radius 3 is 2.58 bits per heavy atom. The minimum atomic E-state index is -0.280. The van der Waals surface area contributed by atoms with Crippen molar-refractivity contribution >= 4 is 58.3 Å². The van der Waals surface area contributed by atoms with Crippen molar-refractivity contribution in [2.75, 3.05) is 7.11 Å².